The fourth-order valence-corrected chi connectivity index (χ4v) is 4.11. The second kappa shape index (κ2) is 6.48. The maximum Gasteiger partial charge on any atom is 0.289 e. The number of nitrogens with zero attached hydrogens (tertiary/aromatic N) is 3. The molecule has 3 rings (SSSR count). The molecule has 0 spiro atoms. The van der Waals surface area contributed by atoms with Crippen molar-refractivity contribution in [1.29, 1.82) is 0 Å². The van der Waals surface area contributed by atoms with E-state index in [1.54, 1.807) is 0 Å². The van der Waals surface area contributed by atoms with Crippen molar-refractivity contribution in [1.82, 2.24) is 9.80 Å². The van der Waals surface area contributed by atoms with E-state index in [1.807, 2.05) is 18.9 Å². The van der Waals surface area contributed by atoms with Crippen LogP contribution in [-0.4, -0.2) is 59.9 Å². The Labute approximate surface area is 149 Å². The van der Waals surface area contributed by atoms with Crippen molar-refractivity contribution in [2.45, 2.75) is 52.5 Å². The lowest BCUT2D eigenvalue weighted by Crippen LogP contribution is -2.44. The van der Waals surface area contributed by atoms with Crippen molar-refractivity contribution in [2.75, 3.05) is 27.2 Å². The van der Waals surface area contributed by atoms with Gasteiger partial charge >= 0.3 is 0 Å². The molecular weight excluding hydrogens is 318 g/mol. The Hall–Kier alpha value is -1.82. The quantitative estimate of drug-likeness (QED) is 0.660. The molecule has 0 radical (unpaired) electrons. The van der Waals surface area contributed by atoms with Crippen LogP contribution in [0.1, 0.15) is 60.6 Å². The third-order valence-electron chi connectivity index (χ3n) is 5.66. The number of carbonyl (C=O) groups is 1. The highest BCUT2D eigenvalue weighted by Gasteiger charge is 2.37. The van der Waals surface area contributed by atoms with E-state index >= 15 is 0 Å². The number of piperidine rings is 1. The van der Waals surface area contributed by atoms with Gasteiger partial charge in [0.15, 0.2) is 5.76 Å². The van der Waals surface area contributed by atoms with Crippen molar-refractivity contribution >= 4 is 11.6 Å². The minimum Gasteiger partial charge on any atom is -0.455 e. The van der Waals surface area contributed by atoms with Gasteiger partial charge < -0.3 is 19.4 Å². The number of hydrogen-bond acceptors (Lipinski definition) is 5. The Bertz CT molecular complexity index is 697. The summed E-state index contributed by atoms with van der Waals surface area (Å²) >= 11 is 0. The largest absolute Gasteiger partial charge is 0.455 e. The maximum absolute atomic E-state index is 13.0. The summed E-state index contributed by atoms with van der Waals surface area (Å²) in [6.07, 6.45) is 3.38. The smallest absolute Gasteiger partial charge is 0.289 e. The third kappa shape index (κ3) is 3.32. The van der Waals surface area contributed by atoms with Gasteiger partial charge in [0.05, 0.1) is 5.71 Å². The van der Waals surface area contributed by atoms with Crippen LogP contribution in [-0.2, 0) is 6.42 Å². The Morgan fingerprint density at radius 3 is 2.56 bits per heavy atom. The lowest BCUT2D eigenvalue weighted by Gasteiger charge is -2.34. The molecule has 1 aliphatic carbocycles. The first kappa shape index (κ1) is 18.0. The Kier molecular flexibility index (Phi) is 4.66. The van der Waals surface area contributed by atoms with Crippen LogP contribution in [0.3, 0.4) is 0 Å². The standard InChI is InChI=1S/C19H29N3O3/c1-12-16-14(20-24)10-19(2,3)11-15(16)25-17(12)18(23)22(5)13-6-8-21(4)9-7-13/h13,24H,6-11H2,1-5H3/b20-14-. The maximum atomic E-state index is 13.0. The van der Waals surface area contributed by atoms with Gasteiger partial charge in [0, 0.05) is 30.6 Å². The van der Waals surface area contributed by atoms with Gasteiger partial charge in [-0.3, -0.25) is 4.79 Å². The number of amides is 1. The number of rotatable bonds is 2. The molecular formula is C19H29N3O3. The highest BCUT2D eigenvalue weighted by molar-refractivity contribution is 6.06. The molecule has 0 unspecified atom stereocenters. The van der Waals surface area contributed by atoms with Crippen LogP contribution in [0.15, 0.2) is 9.57 Å². The average molecular weight is 347 g/mol. The van der Waals surface area contributed by atoms with Gasteiger partial charge in [-0.2, -0.15) is 0 Å². The number of carbonyl (C=O) groups excluding carboxylic acids is 1. The number of fused-ring (bicyclic) bond motifs is 1. The monoisotopic (exact) mass is 347 g/mol. The molecule has 0 atom stereocenters. The van der Waals surface area contributed by atoms with E-state index in [0.717, 1.165) is 49.2 Å². The van der Waals surface area contributed by atoms with E-state index in [1.165, 1.54) is 0 Å². The van der Waals surface area contributed by atoms with Crippen molar-refractivity contribution in [3.63, 3.8) is 0 Å². The summed E-state index contributed by atoms with van der Waals surface area (Å²) in [5.41, 5.74) is 2.19. The van der Waals surface area contributed by atoms with Gasteiger partial charge in [0.1, 0.15) is 5.76 Å². The molecule has 1 N–H and O–H groups in total. The molecule has 1 aliphatic heterocycles. The highest BCUT2D eigenvalue weighted by Crippen LogP contribution is 2.39. The van der Waals surface area contributed by atoms with Crippen LogP contribution in [0.25, 0.3) is 0 Å². The summed E-state index contributed by atoms with van der Waals surface area (Å²) < 4.78 is 6.01. The van der Waals surface area contributed by atoms with E-state index in [2.05, 4.69) is 31.0 Å². The fourth-order valence-electron chi connectivity index (χ4n) is 4.11. The van der Waals surface area contributed by atoms with Gasteiger partial charge in [-0.25, -0.2) is 0 Å². The van der Waals surface area contributed by atoms with Crippen LogP contribution in [0.4, 0.5) is 0 Å². The zero-order valence-corrected chi connectivity index (χ0v) is 15.9. The molecule has 6 nitrogen and oxygen atoms in total. The second-order valence-electron chi connectivity index (χ2n) is 8.37. The molecule has 1 saturated heterocycles. The molecule has 2 heterocycles. The molecule has 6 heteroatoms. The molecule has 25 heavy (non-hydrogen) atoms. The predicted octanol–water partition coefficient (Wildman–Crippen LogP) is 2.90. The van der Waals surface area contributed by atoms with Crippen molar-refractivity contribution < 1.29 is 14.4 Å². The number of hydrogen-bond donors (Lipinski definition) is 1. The minimum absolute atomic E-state index is 0.0426. The molecule has 0 saturated carbocycles. The summed E-state index contributed by atoms with van der Waals surface area (Å²) in [4.78, 5) is 17.2. The first-order valence-corrected chi connectivity index (χ1v) is 9.03. The van der Waals surface area contributed by atoms with Crippen LogP contribution < -0.4 is 0 Å². The van der Waals surface area contributed by atoms with Gasteiger partial charge in [-0.15, -0.1) is 0 Å². The first-order valence-electron chi connectivity index (χ1n) is 9.03. The van der Waals surface area contributed by atoms with E-state index in [4.69, 9.17) is 4.42 Å². The van der Waals surface area contributed by atoms with Crippen LogP contribution >= 0.6 is 0 Å². The summed E-state index contributed by atoms with van der Waals surface area (Å²) in [7, 11) is 3.98. The van der Waals surface area contributed by atoms with Crippen LogP contribution in [0, 0.1) is 12.3 Å². The molecule has 2 aliphatic rings. The predicted molar refractivity (Wildman–Crippen MR) is 96.5 cm³/mol. The van der Waals surface area contributed by atoms with E-state index in [0.29, 0.717) is 17.9 Å². The number of furan rings is 1. The Balaban J connectivity index is 1.89. The molecule has 1 aromatic heterocycles. The molecule has 1 aromatic rings. The van der Waals surface area contributed by atoms with Crippen molar-refractivity contribution in [3.05, 3.63) is 22.6 Å². The fraction of sp³-hybridized carbons (Fsp3) is 0.684. The van der Waals surface area contributed by atoms with E-state index < -0.39 is 0 Å². The van der Waals surface area contributed by atoms with Crippen LogP contribution in [0.2, 0.25) is 0 Å². The summed E-state index contributed by atoms with van der Waals surface area (Å²) in [6, 6.07) is 0.243. The van der Waals surface area contributed by atoms with Gasteiger partial charge in [0.25, 0.3) is 5.91 Å². The number of likely N-dealkylation sites (tertiary alicyclic amines) is 1. The lowest BCUT2D eigenvalue weighted by molar-refractivity contribution is 0.0624. The summed E-state index contributed by atoms with van der Waals surface area (Å²) in [6.45, 7) is 8.13. The zero-order valence-electron chi connectivity index (χ0n) is 15.9. The van der Waals surface area contributed by atoms with E-state index in [-0.39, 0.29) is 17.4 Å². The highest BCUT2D eigenvalue weighted by atomic mass is 16.4. The van der Waals surface area contributed by atoms with Crippen LogP contribution in [0.5, 0.6) is 0 Å². The molecule has 0 bridgehead atoms. The SMILES string of the molecule is Cc1c(C(=O)N(C)C2CCN(C)CC2)oc2c1/C(=N\O)CC(C)(C)C2. The minimum atomic E-state index is -0.0726. The Morgan fingerprint density at radius 2 is 1.96 bits per heavy atom. The second-order valence-corrected chi connectivity index (χ2v) is 8.37. The Morgan fingerprint density at radius 1 is 1.32 bits per heavy atom. The molecule has 1 amide bonds. The lowest BCUT2D eigenvalue weighted by atomic mass is 9.75. The third-order valence-corrected chi connectivity index (χ3v) is 5.66. The molecule has 138 valence electrons. The summed E-state index contributed by atoms with van der Waals surface area (Å²) in [5, 5.41) is 12.9. The topological polar surface area (TPSA) is 69.3 Å². The normalized spacial score (nSPS) is 22.8. The molecule has 1 fully saturated rings. The number of oxime groups is 1. The zero-order chi connectivity index (χ0) is 18.4. The van der Waals surface area contributed by atoms with Gasteiger partial charge in [0.2, 0.25) is 0 Å². The van der Waals surface area contributed by atoms with Gasteiger partial charge in [-0.05, 0) is 51.7 Å². The van der Waals surface area contributed by atoms with Gasteiger partial charge in [-0.1, -0.05) is 19.0 Å². The molecule has 0 aromatic carbocycles. The van der Waals surface area contributed by atoms with Crippen molar-refractivity contribution in [3.8, 4) is 0 Å². The average Bonchev–Trinajstić information content (AvgIpc) is 2.88. The van der Waals surface area contributed by atoms with E-state index in [9.17, 15) is 10.0 Å². The summed E-state index contributed by atoms with van der Waals surface area (Å²) in [5.74, 6) is 1.09. The van der Waals surface area contributed by atoms with Crippen molar-refractivity contribution in [2.24, 2.45) is 10.6 Å². The first-order chi connectivity index (χ1) is 11.7.